The molecule has 0 aliphatic carbocycles. The first-order chi connectivity index (χ1) is 9.90. The lowest BCUT2D eigenvalue weighted by molar-refractivity contribution is 0.527. The SMILES string of the molecule is CCCCCC(C)NS(=O)(=O)c1cc(CNCC)n(C)c1. The Morgan fingerprint density at radius 1 is 1.29 bits per heavy atom. The van der Waals surface area contributed by atoms with Crippen LogP contribution in [0, 0.1) is 0 Å². The van der Waals surface area contributed by atoms with E-state index >= 15 is 0 Å². The van der Waals surface area contributed by atoms with Crippen LogP contribution in [0.25, 0.3) is 0 Å². The molecule has 1 rings (SSSR count). The molecular weight excluding hydrogens is 286 g/mol. The number of unbranched alkanes of at least 4 members (excludes halogenated alkanes) is 2. The van der Waals surface area contributed by atoms with E-state index in [0.717, 1.165) is 37.9 Å². The molecule has 0 aliphatic rings. The van der Waals surface area contributed by atoms with Crippen LogP contribution in [0.15, 0.2) is 17.2 Å². The highest BCUT2D eigenvalue weighted by atomic mass is 32.2. The third-order valence-corrected chi connectivity index (χ3v) is 5.10. The summed E-state index contributed by atoms with van der Waals surface area (Å²) < 4.78 is 29.4. The maximum Gasteiger partial charge on any atom is 0.242 e. The number of rotatable bonds is 10. The van der Waals surface area contributed by atoms with E-state index in [4.69, 9.17) is 0 Å². The van der Waals surface area contributed by atoms with Crippen molar-refractivity contribution in [2.24, 2.45) is 7.05 Å². The molecule has 21 heavy (non-hydrogen) atoms. The van der Waals surface area contributed by atoms with E-state index < -0.39 is 10.0 Å². The van der Waals surface area contributed by atoms with Crippen molar-refractivity contribution in [3.05, 3.63) is 18.0 Å². The Morgan fingerprint density at radius 3 is 2.62 bits per heavy atom. The summed E-state index contributed by atoms with van der Waals surface area (Å²) in [6, 6.07) is 1.71. The van der Waals surface area contributed by atoms with Gasteiger partial charge in [0, 0.05) is 31.5 Å². The van der Waals surface area contributed by atoms with Crippen LogP contribution in [0.1, 0.15) is 52.1 Å². The standard InChI is InChI=1S/C15H29N3O2S/c1-5-7-8-9-13(3)17-21(19,20)15-10-14(11-16-6-2)18(4)12-15/h10,12-13,16-17H,5-9,11H2,1-4H3. The summed E-state index contributed by atoms with van der Waals surface area (Å²) in [5.41, 5.74) is 0.968. The molecule has 0 saturated heterocycles. The number of hydrogen-bond donors (Lipinski definition) is 2. The van der Waals surface area contributed by atoms with Gasteiger partial charge in [-0.05, 0) is 26.0 Å². The molecule has 5 nitrogen and oxygen atoms in total. The molecule has 0 aliphatic heterocycles. The lowest BCUT2D eigenvalue weighted by atomic mass is 10.1. The van der Waals surface area contributed by atoms with Gasteiger partial charge in [-0.3, -0.25) is 0 Å². The van der Waals surface area contributed by atoms with Crippen LogP contribution in [0.4, 0.5) is 0 Å². The summed E-state index contributed by atoms with van der Waals surface area (Å²) in [6.45, 7) is 7.63. The van der Waals surface area contributed by atoms with E-state index in [9.17, 15) is 8.42 Å². The first kappa shape index (κ1) is 18.2. The van der Waals surface area contributed by atoms with E-state index in [1.807, 2.05) is 25.5 Å². The summed E-state index contributed by atoms with van der Waals surface area (Å²) in [5, 5.41) is 3.21. The molecule has 0 radical (unpaired) electrons. The zero-order valence-corrected chi connectivity index (χ0v) is 14.5. The fourth-order valence-electron chi connectivity index (χ4n) is 2.25. The second kappa shape index (κ2) is 8.56. The third kappa shape index (κ3) is 5.80. The van der Waals surface area contributed by atoms with Gasteiger partial charge in [0.2, 0.25) is 10.0 Å². The predicted molar refractivity (Wildman–Crippen MR) is 86.7 cm³/mol. The van der Waals surface area contributed by atoms with Gasteiger partial charge in [0.15, 0.2) is 0 Å². The molecule has 1 unspecified atom stereocenters. The van der Waals surface area contributed by atoms with Gasteiger partial charge in [0.25, 0.3) is 0 Å². The molecule has 0 bridgehead atoms. The number of nitrogens with zero attached hydrogens (tertiary/aromatic N) is 1. The number of aromatic nitrogens is 1. The van der Waals surface area contributed by atoms with Gasteiger partial charge in [-0.1, -0.05) is 33.1 Å². The van der Waals surface area contributed by atoms with Gasteiger partial charge in [-0.15, -0.1) is 0 Å². The smallest absolute Gasteiger partial charge is 0.242 e. The highest BCUT2D eigenvalue weighted by molar-refractivity contribution is 7.89. The van der Waals surface area contributed by atoms with Crippen molar-refractivity contribution in [2.75, 3.05) is 6.54 Å². The first-order valence-electron chi connectivity index (χ1n) is 7.79. The molecule has 1 aromatic rings. The average Bonchev–Trinajstić information content (AvgIpc) is 2.78. The van der Waals surface area contributed by atoms with E-state index in [2.05, 4.69) is 17.0 Å². The van der Waals surface area contributed by atoms with Crippen LogP contribution in [0.2, 0.25) is 0 Å². The van der Waals surface area contributed by atoms with Crippen LogP contribution in [0.5, 0.6) is 0 Å². The number of hydrogen-bond acceptors (Lipinski definition) is 3. The monoisotopic (exact) mass is 315 g/mol. The van der Waals surface area contributed by atoms with Gasteiger partial charge in [0.1, 0.15) is 0 Å². The largest absolute Gasteiger partial charge is 0.352 e. The lowest BCUT2D eigenvalue weighted by Gasteiger charge is -2.13. The number of nitrogens with one attached hydrogen (secondary N) is 2. The quantitative estimate of drug-likeness (QED) is 0.652. The molecule has 1 atom stereocenters. The van der Waals surface area contributed by atoms with Crippen LogP contribution >= 0.6 is 0 Å². The van der Waals surface area contributed by atoms with Crippen molar-refractivity contribution in [2.45, 2.75) is 63.9 Å². The van der Waals surface area contributed by atoms with Crippen molar-refractivity contribution >= 4 is 10.0 Å². The van der Waals surface area contributed by atoms with Crippen molar-refractivity contribution in [1.82, 2.24) is 14.6 Å². The van der Waals surface area contributed by atoms with Gasteiger partial charge >= 0.3 is 0 Å². The average molecular weight is 315 g/mol. The van der Waals surface area contributed by atoms with Gasteiger partial charge in [-0.25, -0.2) is 13.1 Å². The topological polar surface area (TPSA) is 63.1 Å². The fraction of sp³-hybridized carbons (Fsp3) is 0.733. The molecule has 0 saturated carbocycles. The Balaban J connectivity index is 2.69. The van der Waals surface area contributed by atoms with Gasteiger partial charge in [0.05, 0.1) is 4.90 Å². The summed E-state index contributed by atoms with van der Waals surface area (Å²) in [7, 11) is -1.55. The van der Waals surface area contributed by atoms with Gasteiger partial charge < -0.3 is 9.88 Å². The highest BCUT2D eigenvalue weighted by Crippen LogP contribution is 2.15. The maximum absolute atomic E-state index is 12.4. The Hall–Kier alpha value is -0.850. The maximum atomic E-state index is 12.4. The molecule has 0 fully saturated rings. The molecule has 6 heteroatoms. The molecule has 1 aromatic heterocycles. The van der Waals surface area contributed by atoms with E-state index in [1.54, 1.807) is 12.3 Å². The minimum absolute atomic E-state index is 0.0287. The molecule has 1 heterocycles. The first-order valence-corrected chi connectivity index (χ1v) is 9.27. The molecule has 122 valence electrons. The Labute approximate surface area is 129 Å². The zero-order valence-electron chi connectivity index (χ0n) is 13.6. The lowest BCUT2D eigenvalue weighted by Crippen LogP contribution is -2.32. The van der Waals surface area contributed by atoms with Crippen molar-refractivity contribution < 1.29 is 8.42 Å². The Morgan fingerprint density at radius 2 is 2.00 bits per heavy atom. The summed E-state index contributed by atoms with van der Waals surface area (Å²) >= 11 is 0. The van der Waals surface area contributed by atoms with Crippen LogP contribution in [0.3, 0.4) is 0 Å². The number of sulfonamides is 1. The second-order valence-corrected chi connectivity index (χ2v) is 7.29. The fourth-order valence-corrected chi connectivity index (χ4v) is 3.62. The Kier molecular flexibility index (Phi) is 7.42. The molecule has 0 amide bonds. The van der Waals surface area contributed by atoms with E-state index in [0.29, 0.717) is 11.4 Å². The van der Waals surface area contributed by atoms with E-state index in [1.165, 1.54) is 0 Å². The van der Waals surface area contributed by atoms with E-state index in [-0.39, 0.29) is 6.04 Å². The van der Waals surface area contributed by atoms with Crippen molar-refractivity contribution in [3.63, 3.8) is 0 Å². The van der Waals surface area contributed by atoms with Crippen LogP contribution in [-0.4, -0.2) is 25.6 Å². The molecule has 0 aromatic carbocycles. The zero-order chi connectivity index (χ0) is 15.9. The molecule has 0 spiro atoms. The third-order valence-electron chi connectivity index (χ3n) is 3.55. The minimum Gasteiger partial charge on any atom is -0.352 e. The Bertz CT molecular complexity index is 523. The molecule has 2 N–H and O–H groups in total. The predicted octanol–water partition coefficient (Wildman–Crippen LogP) is 2.38. The van der Waals surface area contributed by atoms with Crippen molar-refractivity contribution in [1.29, 1.82) is 0 Å². The van der Waals surface area contributed by atoms with Crippen molar-refractivity contribution in [3.8, 4) is 0 Å². The van der Waals surface area contributed by atoms with Crippen LogP contribution in [-0.2, 0) is 23.6 Å². The molecular formula is C15H29N3O2S. The summed E-state index contributed by atoms with van der Waals surface area (Å²) in [5.74, 6) is 0. The minimum atomic E-state index is -3.42. The second-order valence-electron chi connectivity index (χ2n) is 5.58. The van der Waals surface area contributed by atoms with Crippen LogP contribution < -0.4 is 10.0 Å². The van der Waals surface area contributed by atoms with Gasteiger partial charge in [-0.2, -0.15) is 0 Å². The summed E-state index contributed by atoms with van der Waals surface area (Å²) in [4.78, 5) is 0.347. The number of aryl methyl sites for hydroxylation is 1. The summed E-state index contributed by atoms with van der Waals surface area (Å²) in [6.07, 6.45) is 5.90. The highest BCUT2D eigenvalue weighted by Gasteiger charge is 2.19. The normalized spacial score (nSPS) is 13.5.